The van der Waals surface area contributed by atoms with Crippen LogP contribution in [-0.4, -0.2) is 18.8 Å². The predicted octanol–water partition coefficient (Wildman–Crippen LogP) is 4.50. The lowest BCUT2D eigenvalue weighted by atomic mass is 9.89. The van der Waals surface area contributed by atoms with E-state index in [4.69, 9.17) is 4.74 Å². The van der Waals surface area contributed by atoms with Gasteiger partial charge < -0.3 is 4.74 Å². The standard InChI is InChI=1S/C14H23F3O2/c1-5-6-7-8-12(11(4)14(15,16)17)9-19-13(18)10(2)3/h11-12H,2,5-9H2,1,3-4H3. The first-order valence-electron chi connectivity index (χ1n) is 6.59. The Morgan fingerprint density at radius 1 is 1.32 bits per heavy atom. The van der Waals surface area contributed by atoms with Crippen LogP contribution in [-0.2, 0) is 9.53 Å². The van der Waals surface area contributed by atoms with Gasteiger partial charge in [0.25, 0.3) is 0 Å². The Kier molecular flexibility index (Phi) is 7.79. The van der Waals surface area contributed by atoms with Crippen LogP contribution in [0, 0.1) is 11.8 Å². The second-order valence-corrected chi connectivity index (χ2v) is 4.96. The molecule has 0 heterocycles. The van der Waals surface area contributed by atoms with Crippen LogP contribution >= 0.6 is 0 Å². The third-order valence-corrected chi connectivity index (χ3v) is 3.18. The molecule has 0 aliphatic rings. The highest BCUT2D eigenvalue weighted by molar-refractivity contribution is 5.86. The van der Waals surface area contributed by atoms with Crippen molar-refractivity contribution in [2.24, 2.45) is 11.8 Å². The minimum absolute atomic E-state index is 0.198. The van der Waals surface area contributed by atoms with E-state index >= 15 is 0 Å². The molecule has 0 saturated heterocycles. The van der Waals surface area contributed by atoms with Gasteiger partial charge in [-0.2, -0.15) is 13.2 Å². The Bertz CT molecular complexity index is 298. The molecule has 0 spiro atoms. The average molecular weight is 280 g/mol. The van der Waals surface area contributed by atoms with Crippen molar-refractivity contribution in [2.75, 3.05) is 6.61 Å². The average Bonchev–Trinajstić information content (AvgIpc) is 2.31. The molecule has 0 radical (unpaired) electrons. The zero-order chi connectivity index (χ0) is 15.1. The van der Waals surface area contributed by atoms with Crippen LogP contribution in [0.4, 0.5) is 13.2 Å². The maximum Gasteiger partial charge on any atom is 0.391 e. The molecule has 2 atom stereocenters. The van der Waals surface area contributed by atoms with Gasteiger partial charge in [0.1, 0.15) is 0 Å². The summed E-state index contributed by atoms with van der Waals surface area (Å²) in [5, 5.41) is 0. The van der Waals surface area contributed by atoms with Crippen molar-refractivity contribution < 1.29 is 22.7 Å². The van der Waals surface area contributed by atoms with Gasteiger partial charge in [0, 0.05) is 11.5 Å². The lowest BCUT2D eigenvalue weighted by molar-refractivity contribution is -0.190. The van der Waals surface area contributed by atoms with E-state index in [0.717, 1.165) is 19.8 Å². The molecule has 112 valence electrons. The topological polar surface area (TPSA) is 26.3 Å². The largest absolute Gasteiger partial charge is 0.462 e. The zero-order valence-corrected chi connectivity index (χ0v) is 11.8. The van der Waals surface area contributed by atoms with Gasteiger partial charge in [-0.1, -0.05) is 39.7 Å². The number of hydrogen-bond donors (Lipinski definition) is 0. The summed E-state index contributed by atoms with van der Waals surface area (Å²) < 4.78 is 43.1. The molecule has 5 heteroatoms. The molecule has 0 fully saturated rings. The Hall–Kier alpha value is -1.00. The van der Waals surface area contributed by atoms with E-state index in [1.165, 1.54) is 6.92 Å². The first-order chi connectivity index (χ1) is 8.70. The molecule has 0 aliphatic heterocycles. The normalized spacial score (nSPS) is 14.8. The minimum atomic E-state index is -4.26. The monoisotopic (exact) mass is 280 g/mol. The fraction of sp³-hybridized carbons (Fsp3) is 0.786. The number of carbonyl (C=O) groups excluding carboxylic acids is 1. The summed E-state index contributed by atoms with van der Waals surface area (Å²) in [5.74, 6) is -2.79. The molecule has 0 bridgehead atoms. The van der Waals surface area contributed by atoms with E-state index in [1.54, 1.807) is 0 Å². The summed E-state index contributed by atoms with van der Waals surface area (Å²) in [6, 6.07) is 0. The number of halogens is 3. The second-order valence-electron chi connectivity index (χ2n) is 4.96. The van der Waals surface area contributed by atoms with Crippen LogP contribution in [0.3, 0.4) is 0 Å². The molecule has 0 amide bonds. The maximum absolute atomic E-state index is 12.7. The first-order valence-corrected chi connectivity index (χ1v) is 6.59. The molecular weight excluding hydrogens is 257 g/mol. The van der Waals surface area contributed by atoms with Crippen molar-refractivity contribution in [3.05, 3.63) is 12.2 Å². The zero-order valence-electron chi connectivity index (χ0n) is 11.8. The van der Waals surface area contributed by atoms with E-state index in [2.05, 4.69) is 6.58 Å². The van der Waals surface area contributed by atoms with Crippen molar-refractivity contribution in [2.45, 2.75) is 52.6 Å². The number of esters is 1. The van der Waals surface area contributed by atoms with Crippen molar-refractivity contribution in [1.29, 1.82) is 0 Å². The van der Waals surface area contributed by atoms with E-state index < -0.39 is 24.0 Å². The lowest BCUT2D eigenvalue weighted by Crippen LogP contribution is -2.31. The van der Waals surface area contributed by atoms with Crippen molar-refractivity contribution in [3.63, 3.8) is 0 Å². The van der Waals surface area contributed by atoms with Gasteiger partial charge in [0.15, 0.2) is 0 Å². The molecule has 0 aliphatic carbocycles. The summed E-state index contributed by atoms with van der Waals surface area (Å²) in [6.07, 6.45) is -1.30. The van der Waals surface area contributed by atoms with Gasteiger partial charge in [-0.3, -0.25) is 0 Å². The third kappa shape index (κ3) is 7.23. The van der Waals surface area contributed by atoms with Crippen LogP contribution in [0.25, 0.3) is 0 Å². The molecule has 0 aromatic rings. The summed E-state index contributed by atoms with van der Waals surface area (Å²) in [4.78, 5) is 11.2. The van der Waals surface area contributed by atoms with Gasteiger partial charge in [0.2, 0.25) is 0 Å². The van der Waals surface area contributed by atoms with Crippen molar-refractivity contribution >= 4 is 5.97 Å². The summed E-state index contributed by atoms with van der Waals surface area (Å²) in [6.45, 7) is 7.81. The highest BCUT2D eigenvalue weighted by Gasteiger charge is 2.41. The third-order valence-electron chi connectivity index (χ3n) is 3.18. The van der Waals surface area contributed by atoms with Crippen molar-refractivity contribution in [3.8, 4) is 0 Å². The molecular formula is C14H23F3O2. The molecule has 2 unspecified atom stereocenters. The lowest BCUT2D eigenvalue weighted by Gasteiger charge is -2.25. The van der Waals surface area contributed by atoms with Gasteiger partial charge in [0.05, 0.1) is 12.5 Å². The fourth-order valence-corrected chi connectivity index (χ4v) is 1.71. The first kappa shape index (κ1) is 18.0. The molecule has 19 heavy (non-hydrogen) atoms. The van der Waals surface area contributed by atoms with E-state index in [0.29, 0.717) is 12.8 Å². The smallest absolute Gasteiger partial charge is 0.391 e. The molecule has 0 saturated carbocycles. The van der Waals surface area contributed by atoms with E-state index in [1.807, 2.05) is 6.92 Å². The number of ether oxygens (including phenoxy) is 1. The Morgan fingerprint density at radius 3 is 2.32 bits per heavy atom. The molecule has 2 nitrogen and oxygen atoms in total. The van der Waals surface area contributed by atoms with Crippen LogP contribution in [0.1, 0.15) is 46.5 Å². The molecule has 0 rings (SSSR count). The van der Waals surface area contributed by atoms with Gasteiger partial charge in [-0.15, -0.1) is 0 Å². The molecule has 0 aromatic carbocycles. The fourth-order valence-electron chi connectivity index (χ4n) is 1.71. The summed E-state index contributed by atoms with van der Waals surface area (Å²) in [5.41, 5.74) is 0.201. The minimum Gasteiger partial charge on any atom is -0.462 e. The quantitative estimate of drug-likeness (QED) is 0.372. The predicted molar refractivity (Wildman–Crippen MR) is 68.6 cm³/mol. The molecule has 0 aromatic heterocycles. The number of alkyl halides is 3. The van der Waals surface area contributed by atoms with Crippen molar-refractivity contribution in [1.82, 2.24) is 0 Å². The number of unbranched alkanes of at least 4 members (excludes halogenated alkanes) is 2. The van der Waals surface area contributed by atoms with Crippen LogP contribution < -0.4 is 0 Å². The Balaban J connectivity index is 4.49. The summed E-state index contributed by atoms with van der Waals surface area (Å²) >= 11 is 0. The summed E-state index contributed by atoms with van der Waals surface area (Å²) in [7, 11) is 0. The number of hydrogen-bond acceptors (Lipinski definition) is 2. The van der Waals surface area contributed by atoms with E-state index in [-0.39, 0.29) is 12.2 Å². The van der Waals surface area contributed by atoms with Gasteiger partial charge in [-0.05, 0) is 13.3 Å². The van der Waals surface area contributed by atoms with Crippen LogP contribution in [0.2, 0.25) is 0 Å². The number of carbonyl (C=O) groups is 1. The second kappa shape index (κ2) is 8.23. The Morgan fingerprint density at radius 2 is 1.89 bits per heavy atom. The highest BCUT2D eigenvalue weighted by atomic mass is 19.4. The highest BCUT2D eigenvalue weighted by Crippen LogP contribution is 2.34. The van der Waals surface area contributed by atoms with Crippen LogP contribution in [0.5, 0.6) is 0 Å². The van der Waals surface area contributed by atoms with Gasteiger partial charge >= 0.3 is 12.1 Å². The SMILES string of the molecule is C=C(C)C(=O)OCC(CCCCC)C(C)C(F)(F)F. The maximum atomic E-state index is 12.7. The Labute approximate surface area is 113 Å². The van der Waals surface area contributed by atoms with E-state index in [9.17, 15) is 18.0 Å². The van der Waals surface area contributed by atoms with Gasteiger partial charge in [-0.25, -0.2) is 4.79 Å². The molecule has 0 N–H and O–H groups in total. The van der Waals surface area contributed by atoms with Crippen LogP contribution in [0.15, 0.2) is 12.2 Å². The number of rotatable bonds is 8.